The molecule has 1 rings (SSSR count). The summed E-state index contributed by atoms with van der Waals surface area (Å²) in [6.45, 7) is 7.49. The van der Waals surface area contributed by atoms with Crippen molar-refractivity contribution < 1.29 is 9.53 Å². The van der Waals surface area contributed by atoms with Gasteiger partial charge >= 0.3 is 6.09 Å². The molecule has 1 saturated heterocycles. The Morgan fingerprint density at radius 2 is 2.33 bits per heavy atom. The number of nitrogens with one attached hydrogen (secondary N) is 1. The number of amides is 1. The smallest absolute Gasteiger partial charge is 0.409 e. The molecule has 1 aliphatic heterocycles. The Morgan fingerprint density at radius 1 is 1.53 bits per heavy atom. The SMILES string of the molecule is CCNC(CC)CCCN1CCOC1=O. The van der Waals surface area contributed by atoms with Crippen molar-refractivity contribution in [1.82, 2.24) is 10.2 Å². The van der Waals surface area contributed by atoms with Gasteiger partial charge in [0, 0.05) is 12.6 Å². The summed E-state index contributed by atoms with van der Waals surface area (Å²) in [4.78, 5) is 12.9. The molecule has 1 amide bonds. The first kappa shape index (κ1) is 12.3. The highest BCUT2D eigenvalue weighted by atomic mass is 16.6. The van der Waals surface area contributed by atoms with E-state index in [0.717, 1.165) is 38.9 Å². The predicted molar refractivity (Wildman–Crippen MR) is 59.9 cm³/mol. The van der Waals surface area contributed by atoms with Gasteiger partial charge in [-0.25, -0.2) is 4.79 Å². The van der Waals surface area contributed by atoms with E-state index in [0.29, 0.717) is 12.6 Å². The average Bonchev–Trinajstić information content (AvgIpc) is 2.63. The molecule has 0 aromatic rings. The third-order valence-corrected chi connectivity index (χ3v) is 2.81. The van der Waals surface area contributed by atoms with E-state index in [1.807, 2.05) is 0 Å². The number of nitrogens with zero attached hydrogens (tertiary/aromatic N) is 1. The van der Waals surface area contributed by atoms with Gasteiger partial charge in [-0.05, 0) is 25.8 Å². The second-order valence-corrected chi connectivity index (χ2v) is 3.91. The summed E-state index contributed by atoms with van der Waals surface area (Å²) in [5, 5.41) is 3.43. The lowest BCUT2D eigenvalue weighted by Gasteiger charge is -2.17. The van der Waals surface area contributed by atoms with Gasteiger partial charge in [-0.15, -0.1) is 0 Å². The van der Waals surface area contributed by atoms with Crippen molar-refractivity contribution in [3.05, 3.63) is 0 Å². The fraction of sp³-hybridized carbons (Fsp3) is 0.909. The second-order valence-electron chi connectivity index (χ2n) is 3.91. The normalized spacial score (nSPS) is 18.0. The van der Waals surface area contributed by atoms with Crippen LogP contribution < -0.4 is 5.32 Å². The second kappa shape index (κ2) is 6.67. The third kappa shape index (κ3) is 4.08. The summed E-state index contributed by atoms with van der Waals surface area (Å²) in [6, 6.07) is 0.591. The molecule has 1 heterocycles. The molecule has 0 radical (unpaired) electrons. The number of hydrogen-bond donors (Lipinski definition) is 1. The molecule has 0 saturated carbocycles. The van der Waals surface area contributed by atoms with Crippen molar-refractivity contribution in [1.29, 1.82) is 0 Å². The highest BCUT2D eigenvalue weighted by molar-refractivity contribution is 5.69. The predicted octanol–water partition coefficient (Wildman–Crippen LogP) is 1.61. The topological polar surface area (TPSA) is 41.6 Å². The van der Waals surface area contributed by atoms with Crippen molar-refractivity contribution >= 4 is 6.09 Å². The molecule has 0 aliphatic carbocycles. The molecule has 0 aromatic heterocycles. The Bertz CT molecular complexity index is 197. The van der Waals surface area contributed by atoms with Gasteiger partial charge in [0.15, 0.2) is 0 Å². The van der Waals surface area contributed by atoms with Crippen LogP contribution >= 0.6 is 0 Å². The molecule has 4 nitrogen and oxygen atoms in total. The van der Waals surface area contributed by atoms with E-state index in [2.05, 4.69) is 19.2 Å². The van der Waals surface area contributed by atoms with Crippen LogP contribution in [-0.2, 0) is 4.74 Å². The monoisotopic (exact) mass is 214 g/mol. The molecule has 1 unspecified atom stereocenters. The molecule has 1 fully saturated rings. The molecular formula is C11H22N2O2. The van der Waals surface area contributed by atoms with Gasteiger partial charge in [-0.2, -0.15) is 0 Å². The Hall–Kier alpha value is -0.770. The van der Waals surface area contributed by atoms with Gasteiger partial charge in [0.25, 0.3) is 0 Å². The number of carbonyl (C=O) groups excluding carboxylic acids is 1. The lowest BCUT2D eigenvalue weighted by atomic mass is 10.1. The first-order valence-electron chi connectivity index (χ1n) is 5.93. The summed E-state index contributed by atoms with van der Waals surface area (Å²) in [7, 11) is 0. The first-order valence-corrected chi connectivity index (χ1v) is 5.93. The lowest BCUT2D eigenvalue weighted by molar-refractivity contribution is 0.157. The Balaban J connectivity index is 2.11. The fourth-order valence-corrected chi connectivity index (χ4v) is 1.90. The highest BCUT2D eigenvalue weighted by Crippen LogP contribution is 2.07. The van der Waals surface area contributed by atoms with Crippen LogP contribution in [0.25, 0.3) is 0 Å². The maximum Gasteiger partial charge on any atom is 0.409 e. The summed E-state index contributed by atoms with van der Waals surface area (Å²) in [6.07, 6.45) is 3.19. The van der Waals surface area contributed by atoms with Crippen molar-refractivity contribution in [3.63, 3.8) is 0 Å². The average molecular weight is 214 g/mol. The maximum absolute atomic E-state index is 11.1. The minimum atomic E-state index is -0.147. The molecular weight excluding hydrogens is 192 g/mol. The summed E-state index contributed by atoms with van der Waals surface area (Å²) < 4.78 is 4.87. The molecule has 0 bridgehead atoms. The molecule has 15 heavy (non-hydrogen) atoms. The fourth-order valence-electron chi connectivity index (χ4n) is 1.90. The summed E-state index contributed by atoms with van der Waals surface area (Å²) >= 11 is 0. The summed E-state index contributed by atoms with van der Waals surface area (Å²) in [5.41, 5.74) is 0. The van der Waals surface area contributed by atoms with Gasteiger partial charge < -0.3 is 15.0 Å². The number of ether oxygens (including phenoxy) is 1. The molecule has 1 N–H and O–H groups in total. The Morgan fingerprint density at radius 3 is 2.87 bits per heavy atom. The van der Waals surface area contributed by atoms with E-state index in [-0.39, 0.29) is 6.09 Å². The molecule has 1 atom stereocenters. The van der Waals surface area contributed by atoms with Gasteiger partial charge in [-0.1, -0.05) is 13.8 Å². The number of cyclic esters (lactones) is 1. The largest absolute Gasteiger partial charge is 0.448 e. The van der Waals surface area contributed by atoms with Crippen molar-refractivity contribution in [2.45, 2.75) is 39.2 Å². The molecule has 88 valence electrons. The van der Waals surface area contributed by atoms with Gasteiger partial charge in [0.05, 0.1) is 6.54 Å². The number of carbonyl (C=O) groups is 1. The zero-order valence-electron chi connectivity index (χ0n) is 9.79. The number of hydrogen-bond acceptors (Lipinski definition) is 3. The molecule has 4 heteroatoms. The van der Waals surface area contributed by atoms with Crippen LogP contribution in [0.3, 0.4) is 0 Å². The van der Waals surface area contributed by atoms with Crippen LogP contribution in [-0.4, -0.2) is 43.3 Å². The van der Waals surface area contributed by atoms with Gasteiger partial charge in [-0.3, -0.25) is 0 Å². The zero-order valence-corrected chi connectivity index (χ0v) is 9.79. The van der Waals surface area contributed by atoms with E-state index >= 15 is 0 Å². The first-order chi connectivity index (χ1) is 7.27. The molecule has 0 spiro atoms. The molecule has 0 aromatic carbocycles. The standard InChI is InChI=1S/C11H22N2O2/c1-3-10(12-4-2)6-5-7-13-8-9-15-11(13)14/h10,12H,3-9H2,1-2H3. The lowest BCUT2D eigenvalue weighted by Crippen LogP contribution is -2.30. The zero-order chi connectivity index (χ0) is 11.1. The summed E-state index contributed by atoms with van der Waals surface area (Å²) in [5.74, 6) is 0. The Kier molecular flexibility index (Phi) is 5.47. The van der Waals surface area contributed by atoms with Crippen molar-refractivity contribution in [3.8, 4) is 0 Å². The van der Waals surface area contributed by atoms with E-state index in [1.165, 1.54) is 0 Å². The number of rotatable bonds is 7. The van der Waals surface area contributed by atoms with E-state index in [1.54, 1.807) is 4.90 Å². The maximum atomic E-state index is 11.1. The van der Waals surface area contributed by atoms with Crippen LogP contribution in [0.1, 0.15) is 33.1 Å². The van der Waals surface area contributed by atoms with E-state index in [4.69, 9.17) is 4.74 Å². The minimum absolute atomic E-state index is 0.147. The van der Waals surface area contributed by atoms with E-state index < -0.39 is 0 Å². The highest BCUT2D eigenvalue weighted by Gasteiger charge is 2.21. The minimum Gasteiger partial charge on any atom is -0.448 e. The van der Waals surface area contributed by atoms with Crippen LogP contribution in [0.2, 0.25) is 0 Å². The van der Waals surface area contributed by atoms with Crippen molar-refractivity contribution in [2.24, 2.45) is 0 Å². The van der Waals surface area contributed by atoms with E-state index in [9.17, 15) is 4.79 Å². The quantitative estimate of drug-likeness (QED) is 0.700. The van der Waals surface area contributed by atoms with Crippen molar-refractivity contribution in [2.75, 3.05) is 26.2 Å². The Labute approximate surface area is 92.0 Å². The van der Waals surface area contributed by atoms with Crippen LogP contribution in [0.4, 0.5) is 4.79 Å². The third-order valence-electron chi connectivity index (χ3n) is 2.81. The van der Waals surface area contributed by atoms with Gasteiger partial charge in [0.1, 0.15) is 6.61 Å². The molecule has 1 aliphatic rings. The van der Waals surface area contributed by atoms with Crippen LogP contribution in [0.5, 0.6) is 0 Å². The van der Waals surface area contributed by atoms with Gasteiger partial charge in [0.2, 0.25) is 0 Å². The van der Waals surface area contributed by atoms with Crippen LogP contribution in [0, 0.1) is 0 Å². The van der Waals surface area contributed by atoms with Crippen LogP contribution in [0.15, 0.2) is 0 Å².